The van der Waals surface area contributed by atoms with Gasteiger partial charge in [-0.3, -0.25) is 0 Å². The molecule has 3 rings (SSSR count). The standard InChI is InChI=1S/C16H21N3O4.ClH/c1-20-11-7-6-10(12(21-2)13(11)22-3)14-18-15(19-23-14)16(17)8-4-5-9-16;/h6-7H,4-5,8-9,17H2,1-3H3;1H. The van der Waals surface area contributed by atoms with Crippen LogP contribution in [0.15, 0.2) is 16.7 Å². The number of benzene rings is 1. The Morgan fingerprint density at radius 2 is 1.71 bits per heavy atom. The van der Waals surface area contributed by atoms with Crippen molar-refractivity contribution in [3.63, 3.8) is 0 Å². The van der Waals surface area contributed by atoms with E-state index in [1.807, 2.05) is 0 Å². The average molecular weight is 356 g/mol. The molecule has 1 aromatic heterocycles. The lowest BCUT2D eigenvalue weighted by atomic mass is 9.98. The lowest BCUT2D eigenvalue weighted by molar-refractivity contribution is 0.323. The first-order valence-electron chi connectivity index (χ1n) is 7.55. The van der Waals surface area contributed by atoms with Gasteiger partial charge in [-0.2, -0.15) is 4.98 Å². The van der Waals surface area contributed by atoms with E-state index in [-0.39, 0.29) is 12.4 Å². The quantitative estimate of drug-likeness (QED) is 0.881. The molecular formula is C16H22ClN3O4. The second-order valence-corrected chi connectivity index (χ2v) is 5.67. The number of rotatable bonds is 5. The molecule has 132 valence electrons. The van der Waals surface area contributed by atoms with Crippen molar-refractivity contribution in [2.45, 2.75) is 31.2 Å². The lowest BCUT2D eigenvalue weighted by Gasteiger charge is -2.17. The van der Waals surface area contributed by atoms with Gasteiger partial charge in [0.1, 0.15) is 0 Å². The fourth-order valence-corrected chi connectivity index (χ4v) is 3.03. The van der Waals surface area contributed by atoms with Crippen LogP contribution in [0.25, 0.3) is 11.5 Å². The molecule has 1 heterocycles. The molecule has 0 saturated heterocycles. The van der Waals surface area contributed by atoms with E-state index in [4.69, 9.17) is 24.5 Å². The summed E-state index contributed by atoms with van der Waals surface area (Å²) in [6, 6.07) is 3.57. The molecule has 8 heteroatoms. The van der Waals surface area contributed by atoms with Crippen molar-refractivity contribution in [2.24, 2.45) is 5.73 Å². The molecule has 0 amide bonds. The monoisotopic (exact) mass is 355 g/mol. The van der Waals surface area contributed by atoms with Crippen LogP contribution in [0.1, 0.15) is 31.5 Å². The normalized spacial score (nSPS) is 15.7. The van der Waals surface area contributed by atoms with Crippen molar-refractivity contribution in [2.75, 3.05) is 21.3 Å². The molecule has 1 saturated carbocycles. The molecule has 0 radical (unpaired) electrons. The molecule has 1 aliphatic carbocycles. The molecular weight excluding hydrogens is 334 g/mol. The van der Waals surface area contributed by atoms with Crippen LogP contribution >= 0.6 is 12.4 Å². The molecule has 0 atom stereocenters. The first-order chi connectivity index (χ1) is 11.1. The molecule has 24 heavy (non-hydrogen) atoms. The molecule has 1 aliphatic rings. The van der Waals surface area contributed by atoms with Crippen LogP contribution in [0.2, 0.25) is 0 Å². The van der Waals surface area contributed by atoms with Gasteiger partial charge in [-0.25, -0.2) is 0 Å². The van der Waals surface area contributed by atoms with E-state index >= 15 is 0 Å². The van der Waals surface area contributed by atoms with Gasteiger partial charge in [0.25, 0.3) is 5.89 Å². The van der Waals surface area contributed by atoms with E-state index in [2.05, 4.69) is 10.1 Å². The molecule has 2 aromatic rings. The van der Waals surface area contributed by atoms with Crippen molar-refractivity contribution < 1.29 is 18.7 Å². The number of halogens is 1. The summed E-state index contributed by atoms with van der Waals surface area (Å²) in [7, 11) is 4.68. The Balaban J connectivity index is 0.00000208. The first kappa shape index (κ1) is 18.4. The zero-order valence-electron chi connectivity index (χ0n) is 14.0. The van der Waals surface area contributed by atoms with E-state index in [1.165, 1.54) is 0 Å². The fraction of sp³-hybridized carbons (Fsp3) is 0.500. The Morgan fingerprint density at radius 3 is 2.29 bits per heavy atom. The zero-order valence-corrected chi connectivity index (χ0v) is 14.8. The third kappa shape index (κ3) is 3.01. The SMILES string of the molecule is COc1ccc(-c2nc(C3(N)CCCC3)no2)c(OC)c1OC.Cl. The maximum absolute atomic E-state index is 6.38. The van der Waals surface area contributed by atoms with Crippen LogP contribution in [0, 0.1) is 0 Å². The predicted molar refractivity (Wildman–Crippen MR) is 91.0 cm³/mol. The molecule has 1 aromatic carbocycles. The van der Waals surface area contributed by atoms with Gasteiger partial charge >= 0.3 is 0 Å². The summed E-state index contributed by atoms with van der Waals surface area (Å²) in [5.74, 6) is 2.44. The van der Waals surface area contributed by atoms with Crippen LogP contribution in [0.3, 0.4) is 0 Å². The highest BCUT2D eigenvalue weighted by Crippen LogP contribution is 2.44. The highest BCUT2D eigenvalue weighted by Gasteiger charge is 2.36. The summed E-state index contributed by atoms with van der Waals surface area (Å²) in [5.41, 5.74) is 6.53. The summed E-state index contributed by atoms with van der Waals surface area (Å²) >= 11 is 0. The van der Waals surface area contributed by atoms with Gasteiger partial charge < -0.3 is 24.5 Å². The van der Waals surface area contributed by atoms with Crippen molar-refractivity contribution >= 4 is 12.4 Å². The largest absolute Gasteiger partial charge is 0.493 e. The van der Waals surface area contributed by atoms with Gasteiger partial charge in [0.15, 0.2) is 17.3 Å². The van der Waals surface area contributed by atoms with Crippen LogP contribution < -0.4 is 19.9 Å². The van der Waals surface area contributed by atoms with Crippen molar-refractivity contribution in [1.29, 1.82) is 0 Å². The molecule has 0 bridgehead atoms. The summed E-state index contributed by atoms with van der Waals surface area (Å²) in [6.07, 6.45) is 3.91. The number of nitrogens with two attached hydrogens (primary N) is 1. The second kappa shape index (κ2) is 7.27. The van der Waals surface area contributed by atoms with Crippen LogP contribution in [-0.4, -0.2) is 31.5 Å². The predicted octanol–water partition coefficient (Wildman–Crippen LogP) is 2.91. The number of nitrogens with zero attached hydrogens (tertiary/aromatic N) is 2. The average Bonchev–Trinajstić information content (AvgIpc) is 3.23. The Morgan fingerprint density at radius 1 is 1.04 bits per heavy atom. The highest BCUT2D eigenvalue weighted by molar-refractivity contribution is 5.85. The number of ether oxygens (including phenoxy) is 3. The summed E-state index contributed by atoms with van der Waals surface area (Å²) in [5, 5.41) is 4.08. The second-order valence-electron chi connectivity index (χ2n) is 5.67. The summed E-state index contributed by atoms with van der Waals surface area (Å²) < 4.78 is 21.5. The maximum atomic E-state index is 6.38. The van der Waals surface area contributed by atoms with Crippen LogP contribution in [0.4, 0.5) is 0 Å². The molecule has 2 N–H and O–H groups in total. The molecule has 1 fully saturated rings. The molecule has 0 spiro atoms. The topological polar surface area (TPSA) is 92.6 Å². The van der Waals surface area contributed by atoms with E-state index in [0.29, 0.717) is 34.5 Å². The van der Waals surface area contributed by atoms with Crippen LogP contribution in [-0.2, 0) is 5.54 Å². The third-order valence-electron chi connectivity index (χ3n) is 4.30. The minimum atomic E-state index is -0.495. The minimum Gasteiger partial charge on any atom is -0.493 e. The van der Waals surface area contributed by atoms with Gasteiger partial charge in [0.2, 0.25) is 5.75 Å². The third-order valence-corrected chi connectivity index (χ3v) is 4.30. The van der Waals surface area contributed by atoms with Gasteiger partial charge in [-0.15, -0.1) is 12.4 Å². The lowest BCUT2D eigenvalue weighted by Crippen LogP contribution is -2.34. The number of methoxy groups -OCH3 is 3. The number of hydrogen-bond donors (Lipinski definition) is 1. The Kier molecular flexibility index (Phi) is 5.56. The zero-order chi connectivity index (χ0) is 16.4. The van der Waals surface area contributed by atoms with E-state index in [9.17, 15) is 0 Å². The first-order valence-corrected chi connectivity index (χ1v) is 7.55. The van der Waals surface area contributed by atoms with Crippen molar-refractivity contribution in [1.82, 2.24) is 10.1 Å². The minimum absolute atomic E-state index is 0. The van der Waals surface area contributed by atoms with E-state index in [0.717, 1.165) is 25.7 Å². The van der Waals surface area contributed by atoms with Gasteiger partial charge in [-0.1, -0.05) is 18.0 Å². The van der Waals surface area contributed by atoms with Gasteiger partial charge in [-0.05, 0) is 25.0 Å². The Hall–Kier alpha value is -1.99. The molecule has 0 aliphatic heterocycles. The van der Waals surface area contributed by atoms with E-state index in [1.54, 1.807) is 33.5 Å². The van der Waals surface area contributed by atoms with Crippen molar-refractivity contribution in [3.05, 3.63) is 18.0 Å². The maximum Gasteiger partial charge on any atom is 0.261 e. The van der Waals surface area contributed by atoms with Gasteiger partial charge in [0.05, 0.1) is 32.4 Å². The molecule has 0 unspecified atom stereocenters. The molecule has 7 nitrogen and oxygen atoms in total. The van der Waals surface area contributed by atoms with Crippen LogP contribution in [0.5, 0.6) is 17.2 Å². The number of aromatic nitrogens is 2. The summed E-state index contributed by atoms with van der Waals surface area (Å²) in [4.78, 5) is 4.49. The Labute approximate surface area is 146 Å². The van der Waals surface area contributed by atoms with Gasteiger partial charge in [0, 0.05) is 0 Å². The van der Waals surface area contributed by atoms with E-state index < -0.39 is 5.54 Å². The highest BCUT2D eigenvalue weighted by atomic mass is 35.5. The van der Waals surface area contributed by atoms with Crippen molar-refractivity contribution in [3.8, 4) is 28.7 Å². The number of hydrogen-bond acceptors (Lipinski definition) is 7. The fourth-order valence-electron chi connectivity index (χ4n) is 3.03. The summed E-state index contributed by atoms with van der Waals surface area (Å²) in [6.45, 7) is 0. The smallest absolute Gasteiger partial charge is 0.261 e. The Bertz CT molecular complexity index is 699.